The number of hydrogen-bond acceptors (Lipinski definition) is 19. The number of aliphatic imine (C=N–C) groups is 2. The molecule has 3 rings (SSSR count). The summed E-state index contributed by atoms with van der Waals surface area (Å²) in [5, 5.41) is 47.0. The number of aliphatic hydroxyl groups excluding tert-OH is 1. The number of nitrogens with two attached hydrogens (primary N) is 5. The zero-order valence-corrected chi connectivity index (χ0v) is 57.6. The monoisotopic (exact) mass is 1400 g/mol. The number of benzene rings is 2. The molecule has 0 aliphatic heterocycles. The van der Waals surface area contributed by atoms with Crippen LogP contribution in [0.1, 0.15) is 98.2 Å². The van der Waals surface area contributed by atoms with Gasteiger partial charge in [0.1, 0.15) is 65.6 Å². The summed E-state index contributed by atoms with van der Waals surface area (Å²) in [5.41, 5.74) is 28.3. The Morgan fingerprint density at radius 3 is 1.54 bits per heavy atom. The molecule has 0 radical (unpaired) electrons. The van der Waals surface area contributed by atoms with Crippen LogP contribution < -0.4 is 81.8 Å². The highest BCUT2D eigenvalue weighted by molar-refractivity contribution is 7.98. The van der Waals surface area contributed by atoms with E-state index in [0.717, 1.165) is 16.1 Å². The Labute approximate surface area is 567 Å². The third kappa shape index (κ3) is 28.4. The number of aromatic hydroxyl groups is 1. The number of nitrogens with one attached hydrogen (secondary N) is 10. The highest BCUT2D eigenvalue weighted by atomic mass is 32.2. The van der Waals surface area contributed by atoms with Gasteiger partial charge in [-0.05, 0) is 94.0 Å². The van der Waals surface area contributed by atoms with Crippen molar-refractivity contribution in [2.45, 2.75) is 158 Å². The highest BCUT2D eigenvalue weighted by Gasteiger charge is 2.36. The van der Waals surface area contributed by atoms with Gasteiger partial charge in [-0.1, -0.05) is 58.0 Å². The van der Waals surface area contributed by atoms with Crippen LogP contribution in [0.2, 0.25) is 0 Å². The summed E-state index contributed by atoms with van der Waals surface area (Å²) in [6, 6.07) is 1.25. The van der Waals surface area contributed by atoms with Gasteiger partial charge in [-0.3, -0.25) is 62.7 Å². The lowest BCUT2D eigenvalue weighted by Crippen LogP contribution is -2.61. The molecule has 9 atom stereocenters. The van der Waals surface area contributed by atoms with Gasteiger partial charge in [0.25, 0.3) is 0 Å². The number of pyridine rings is 1. The van der Waals surface area contributed by atoms with Crippen LogP contribution in [0.3, 0.4) is 0 Å². The molecule has 97 heavy (non-hydrogen) atoms. The van der Waals surface area contributed by atoms with Gasteiger partial charge in [0.2, 0.25) is 75.0 Å². The van der Waals surface area contributed by atoms with Crippen LogP contribution in [0.5, 0.6) is 5.75 Å². The minimum atomic E-state index is -3.96. The molecule has 0 saturated heterocycles. The first kappa shape index (κ1) is 81.8. The van der Waals surface area contributed by atoms with E-state index in [0.29, 0.717) is 11.3 Å². The molecule has 0 saturated carbocycles. The molecule has 34 nitrogen and oxygen atoms in total. The SMILES string of the molecule is CC(=O)N[C@@H](C)C(=O)N[C@@H](CC(C)C)C(=O)N[C@@H](CCCN=C(N)N)C(=O)N[C@@H](CCCN=C(N)N)C(=O)N[C@@H](Cc1ccccc1)C(=O)N[C@@H](CO)C(=O)N[C@@H](CC(C)C)C(=O)N[C@@H](CSCc1ccc2c(S(=O)(=O)N(C)C)ccc(O)c2n1)C(=O)NCC(=O)N[C@@H](C)C(N)=O. The Morgan fingerprint density at radius 1 is 0.567 bits per heavy atom. The summed E-state index contributed by atoms with van der Waals surface area (Å²) in [6.07, 6.45) is -0.267. The van der Waals surface area contributed by atoms with Crippen LogP contribution in [-0.4, -0.2) is 205 Å². The molecule has 0 unspecified atom stereocenters. The fraction of sp³-hybridized carbons (Fsp3) is 0.541. The maximum absolute atomic E-state index is 14.7. The van der Waals surface area contributed by atoms with E-state index < -0.39 is 143 Å². The Hall–Kier alpha value is -9.42. The summed E-state index contributed by atoms with van der Waals surface area (Å²) < 4.78 is 27.2. The number of sulfonamides is 1. The van der Waals surface area contributed by atoms with Gasteiger partial charge in [0.15, 0.2) is 11.9 Å². The van der Waals surface area contributed by atoms with E-state index in [-0.39, 0.29) is 115 Å². The van der Waals surface area contributed by atoms with Crippen LogP contribution in [0.4, 0.5) is 0 Å². The van der Waals surface area contributed by atoms with Crippen LogP contribution in [-0.2, 0) is 74.9 Å². The number of thioether (sulfide) groups is 1. The predicted octanol–water partition coefficient (Wildman–Crippen LogP) is -4.12. The number of nitrogens with zero attached hydrogens (tertiary/aromatic N) is 4. The largest absolute Gasteiger partial charge is 0.506 e. The molecule has 3 aromatic rings. The topological polar surface area (TPSA) is 554 Å². The maximum atomic E-state index is 14.7. The molecule has 1 aromatic heterocycles. The summed E-state index contributed by atoms with van der Waals surface area (Å²) in [4.78, 5) is 162. The van der Waals surface area contributed by atoms with Gasteiger partial charge in [0.05, 0.1) is 23.7 Å². The normalized spacial score (nSPS) is 14.1. The number of hydrogen-bond donors (Lipinski definition) is 17. The molecule has 22 N–H and O–H groups in total. The van der Waals surface area contributed by atoms with Gasteiger partial charge >= 0.3 is 0 Å². The van der Waals surface area contributed by atoms with E-state index in [1.807, 2.05) is 0 Å². The van der Waals surface area contributed by atoms with E-state index in [4.69, 9.17) is 28.7 Å². The van der Waals surface area contributed by atoms with Crippen molar-refractivity contribution in [3.63, 3.8) is 0 Å². The number of guanidine groups is 2. The van der Waals surface area contributed by atoms with Gasteiger partial charge in [-0.25, -0.2) is 17.7 Å². The molecule has 2 aromatic carbocycles. The minimum absolute atomic E-state index is 0.0170. The molecule has 0 spiro atoms. The number of phenolic OH excluding ortho intramolecular Hbond substituents is 1. The number of fused-ring (bicyclic) bond motifs is 1. The summed E-state index contributed by atoms with van der Waals surface area (Å²) in [5.74, 6) is -10.8. The van der Waals surface area contributed by atoms with Crippen molar-refractivity contribution in [3.05, 3.63) is 65.9 Å². The molecule has 536 valence electrons. The quantitative estimate of drug-likeness (QED) is 0.0146. The van der Waals surface area contributed by atoms with E-state index in [1.165, 1.54) is 59.1 Å². The zero-order chi connectivity index (χ0) is 72.9. The molecule has 1 heterocycles. The van der Waals surface area contributed by atoms with E-state index in [2.05, 4.69) is 68.1 Å². The molecule has 0 bridgehead atoms. The first-order chi connectivity index (χ1) is 45.5. The minimum Gasteiger partial charge on any atom is -0.506 e. The molecule has 36 heteroatoms. The second-order valence-corrected chi connectivity index (χ2v) is 27.0. The van der Waals surface area contributed by atoms with Crippen molar-refractivity contribution < 1.29 is 71.4 Å². The van der Waals surface area contributed by atoms with Crippen molar-refractivity contribution in [3.8, 4) is 5.75 Å². The fourth-order valence-corrected chi connectivity index (χ4v) is 11.4. The first-order valence-corrected chi connectivity index (χ1v) is 33.8. The average molecular weight is 1400 g/mol. The third-order valence-electron chi connectivity index (χ3n) is 14.4. The number of amides is 11. The lowest BCUT2D eigenvalue weighted by atomic mass is 10.0. The second kappa shape index (κ2) is 40.2. The van der Waals surface area contributed by atoms with Crippen molar-refractivity contribution in [1.82, 2.24) is 62.5 Å². The maximum Gasteiger partial charge on any atom is 0.245 e. The Balaban J connectivity index is 1.99. The van der Waals surface area contributed by atoms with E-state index in [1.54, 1.807) is 58.0 Å². The van der Waals surface area contributed by atoms with Crippen molar-refractivity contribution in [2.75, 3.05) is 46.1 Å². The van der Waals surface area contributed by atoms with Gasteiger partial charge in [-0.2, -0.15) is 11.8 Å². The van der Waals surface area contributed by atoms with Crippen LogP contribution in [0.25, 0.3) is 10.9 Å². The van der Waals surface area contributed by atoms with Crippen molar-refractivity contribution >= 4 is 110 Å². The molecular formula is C61H95N19O15S2. The van der Waals surface area contributed by atoms with Crippen LogP contribution in [0, 0.1) is 11.8 Å². The number of aliphatic hydroxyl groups is 1. The molecule has 11 amide bonds. The van der Waals surface area contributed by atoms with E-state index in [9.17, 15) is 71.4 Å². The number of rotatable bonds is 41. The average Bonchev–Trinajstić information content (AvgIpc) is 0.785. The van der Waals surface area contributed by atoms with Gasteiger partial charge in [-0.15, -0.1) is 0 Å². The van der Waals surface area contributed by atoms with Crippen molar-refractivity contribution in [2.24, 2.45) is 50.5 Å². The lowest BCUT2D eigenvalue weighted by molar-refractivity contribution is -0.136. The number of primary amides is 1. The smallest absolute Gasteiger partial charge is 0.245 e. The Bertz CT molecular complexity index is 3410. The molecular weight excluding hydrogens is 1300 g/mol. The lowest BCUT2D eigenvalue weighted by Gasteiger charge is -2.28. The number of aromatic nitrogens is 1. The summed E-state index contributed by atoms with van der Waals surface area (Å²) in [6.45, 7) is 9.28. The summed E-state index contributed by atoms with van der Waals surface area (Å²) in [7, 11) is -1.27. The Morgan fingerprint density at radius 2 is 1.04 bits per heavy atom. The second-order valence-electron chi connectivity index (χ2n) is 23.9. The van der Waals surface area contributed by atoms with Gasteiger partial charge < -0.3 is 92.0 Å². The molecule has 0 aliphatic rings. The molecule has 0 aliphatic carbocycles. The predicted molar refractivity (Wildman–Crippen MR) is 363 cm³/mol. The van der Waals surface area contributed by atoms with E-state index >= 15 is 0 Å². The third-order valence-corrected chi connectivity index (χ3v) is 17.3. The zero-order valence-electron chi connectivity index (χ0n) is 55.9. The van der Waals surface area contributed by atoms with Crippen LogP contribution in [0.15, 0.2) is 69.5 Å². The number of carbonyl (C=O) groups is 11. The van der Waals surface area contributed by atoms with Gasteiger partial charge in [0, 0.05) is 57.4 Å². The van der Waals surface area contributed by atoms with Crippen molar-refractivity contribution in [1.29, 1.82) is 0 Å². The summed E-state index contributed by atoms with van der Waals surface area (Å²) >= 11 is 1.06. The first-order valence-electron chi connectivity index (χ1n) is 31.2. The number of carbonyl (C=O) groups excluding carboxylic acids is 11. The van der Waals surface area contributed by atoms with Crippen LogP contribution >= 0.6 is 11.8 Å². The standard InChI is InChI=1S/C61H95N19O15S2/c1-32(2)25-42(75-52(86)35(6)70-36(7)82)56(90)74-40(17-13-23-67-60(63)64)54(88)73-41(18-14-24-68-61(65)66)55(89)77-44(27-37-15-11-10-12-16-37)58(92)78-45(29-81)59(93)76-43(26-33(3)4)57(91)79-46(53(87)69-28-49(84)71-34(5)51(62)85)31-96-30-38-19-20-39-48(97(94,95)80(8)9)22-21-47(83)50(39)72-38/h10-12,15-16,19-22,32-35,40-46,81,83H,13-14,17-18,23-31H2,1-9H3,(H2,62,85)(H,69,87)(H,70,82)(H,71,84)(H,73,88)(H,74,90)(H,75,86)(H,76,93)(H,77,89)(H,78,92)(H,79,91)(H4,63,64,67)(H4,65,66,68)/t34-,35-,40-,41-,42-,43-,44-,45-,46-/m0/s1. The molecule has 0 fully saturated rings. The Kier molecular flexibility index (Phi) is 33.9. The number of phenols is 1. The highest BCUT2D eigenvalue weighted by Crippen LogP contribution is 2.31. The fourth-order valence-electron chi connectivity index (χ4n) is 9.34.